The van der Waals surface area contributed by atoms with Gasteiger partial charge in [-0.05, 0) is 70.6 Å². The summed E-state index contributed by atoms with van der Waals surface area (Å²) in [5, 5.41) is 8.88. The van der Waals surface area contributed by atoms with Gasteiger partial charge in [0.05, 0.1) is 13.2 Å². The van der Waals surface area contributed by atoms with Gasteiger partial charge in [-0.1, -0.05) is 140 Å². The molecule has 0 amide bonds. The summed E-state index contributed by atoms with van der Waals surface area (Å²) in [4.78, 5) is 45.9. The second-order valence-corrected chi connectivity index (χ2v) is 15.5. The molecular formula is C43H76NO10P. The molecule has 55 heavy (non-hydrogen) atoms. The van der Waals surface area contributed by atoms with Gasteiger partial charge in [0.1, 0.15) is 12.6 Å². The van der Waals surface area contributed by atoms with Crippen LogP contribution >= 0.6 is 7.82 Å². The van der Waals surface area contributed by atoms with Crippen molar-refractivity contribution < 1.29 is 47.5 Å². The van der Waals surface area contributed by atoms with Crippen molar-refractivity contribution in [1.29, 1.82) is 0 Å². The Hall–Kier alpha value is -2.56. The molecule has 0 aliphatic rings. The summed E-state index contributed by atoms with van der Waals surface area (Å²) in [7, 11) is -4.72. The number of hydrogen-bond donors (Lipinski definition) is 3. The number of carboxylic acids is 1. The largest absolute Gasteiger partial charge is 0.480 e. The van der Waals surface area contributed by atoms with Crippen LogP contribution in [0.5, 0.6) is 0 Å². The average Bonchev–Trinajstić information content (AvgIpc) is 3.16. The predicted molar refractivity (Wildman–Crippen MR) is 222 cm³/mol. The smallest absolute Gasteiger partial charge is 0.472 e. The zero-order valence-corrected chi connectivity index (χ0v) is 35.2. The zero-order chi connectivity index (χ0) is 40.7. The van der Waals surface area contributed by atoms with E-state index in [1.165, 1.54) is 44.9 Å². The fourth-order valence-corrected chi connectivity index (χ4v) is 6.26. The number of phosphoric ester groups is 1. The summed E-state index contributed by atoms with van der Waals surface area (Å²) in [5.41, 5.74) is 5.33. The van der Waals surface area contributed by atoms with Crippen LogP contribution < -0.4 is 5.73 Å². The lowest BCUT2D eigenvalue weighted by atomic mass is 10.1. The van der Waals surface area contributed by atoms with Crippen LogP contribution in [0.4, 0.5) is 0 Å². The van der Waals surface area contributed by atoms with E-state index in [1.54, 1.807) is 0 Å². The molecule has 0 aromatic rings. The fraction of sp³-hybridized carbons (Fsp3) is 0.744. The highest BCUT2D eigenvalue weighted by Gasteiger charge is 2.28. The van der Waals surface area contributed by atoms with Gasteiger partial charge in [-0.15, -0.1) is 0 Å². The van der Waals surface area contributed by atoms with Crippen LogP contribution in [0, 0.1) is 0 Å². The van der Waals surface area contributed by atoms with Crippen LogP contribution in [-0.2, 0) is 37.5 Å². The first-order chi connectivity index (χ1) is 26.6. The number of rotatable bonds is 39. The SMILES string of the molecule is CC/C=C\C/C=C\C/C=C\CCCCCCCC(=O)O[C@H](COC(=O)CCCCCCC/C=C\CCCCCCCCC)COP(=O)(O)OC[C@H](N)C(=O)O. The number of carbonyl (C=O) groups is 3. The Balaban J connectivity index is 4.42. The van der Waals surface area contributed by atoms with E-state index in [9.17, 15) is 23.8 Å². The van der Waals surface area contributed by atoms with Crippen LogP contribution in [0.1, 0.15) is 174 Å². The van der Waals surface area contributed by atoms with Gasteiger partial charge in [-0.3, -0.25) is 23.4 Å². The molecule has 0 saturated heterocycles. The third kappa shape index (κ3) is 38.1. The maximum absolute atomic E-state index is 12.6. The number of ether oxygens (including phenoxy) is 2. The molecule has 318 valence electrons. The zero-order valence-electron chi connectivity index (χ0n) is 34.3. The third-order valence-corrected chi connectivity index (χ3v) is 9.76. The normalized spacial score (nSPS) is 14.3. The number of aliphatic carboxylic acids is 1. The molecule has 0 spiro atoms. The van der Waals surface area contributed by atoms with Crippen molar-refractivity contribution >= 4 is 25.7 Å². The van der Waals surface area contributed by atoms with Crippen LogP contribution in [0.3, 0.4) is 0 Å². The maximum Gasteiger partial charge on any atom is 0.472 e. The lowest BCUT2D eigenvalue weighted by Gasteiger charge is -2.20. The van der Waals surface area contributed by atoms with Crippen LogP contribution in [-0.4, -0.2) is 59.9 Å². The van der Waals surface area contributed by atoms with Crippen molar-refractivity contribution in [3.05, 3.63) is 48.6 Å². The number of esters is 2. The molecule has 1 unspecified atom stereocenters. The van der Waals surface area contributed by atoms with E-state index in [2.05, 4.69) is 67.0 Å². The number of carboxylic acid groups (broad SMARTS) is 1. The molecule has 0 aromatic heterocycles. The highest BCUT2D eigenvalue weighted by molar-refractivity contribution is 7.47. The summed E-state index contributed by atoms with van der Waals surface area (Å²) in [6.07, 6.45) is 41.7. The first-order valence-corrected chi connectivity index (χ1v) is 22.7. The molecule has 4 N–H and O–H groups in total. The molecule has 0 aliphatic heterocycles. The topological polar surface area (TPSA) is 172 Å². The Labute approximate surface area is 333 Å². The summed E-state index contributed by atoms with van der Waals surface area (Å²) in [6.45, 7) is 2.65. The molecule has 0 aliphatic carbocycles. The Kier molecular flexibility index (Phi) is 36.5. The van der Waals surface area contributed by atoms with Gasteiger partial charge in [-0.25, -0.2) is 4.57 Å². The lowest BCUT2D eigenvalue weighted by Crippen LogP contribution is -2.34. The molecular weight excluding hydrogens is 721 g/mol. The number of carbonyl (C=O) groups excluding carboxylic acids is 2. The first kappa shape index (κ1) is 52.4. The Morgan fingerprint density at radius 2 is 1.02 bits per heavy atom. The van der Waals surface area contributed by atoms with E-state index in [0.717, 1.165) is 89.9 Å². The van der Waals surface area contributed by atoms with Gasteiger partial charge >= 0.3 is 25.7 Å². The van der Waals surface area contributed by atoms with Gasteiger partial charge < -0.3 is 25.2 Å². The van der Waals surface area contributed by atoms with E-state index in [0.29, 0.717) is 12.8 Å². The molecule has 0 radical (unpaired) electrons. The van der Waals surface area contributed by atoms with Gasteiger partial charge in [0.25, 0.3) is 0 Å². The van der Waals surface area contributed by atoms with Crippen LogP contribution in [0.15, 0.2) is 48.6 Å². The molecule has 0 saturated carbocycles. The predicted octanol–water partition coefficient (Wildman–Crippen LogP) is 11.0. The minimum absolute atomic E-state index is 0.139. The minimum Gasteiger partial charge on any atom is -0.480 e. The van der Waals surface area contributed by atoms with E-state index < -0.39 is 51.1 Å². The molecule has 0 rings (SSSR count). The van der Waals surface area contributed by atoms with E-state index in [4.69, 9.17) is 24.8 Å². The quantitative estimate of drug-likeness (QED) is 0.0234. The summed E-state index contributed by atoms with van der Waals surface area (Å²) < 4.78 is 32.6. The summed E-state index contributed by atoms with van der Waals surface area (Å²) >= 11 is 0. The number of hydrogen-bond acceptors (Lipinski definition) is 9. The van der Waals surface area contributed by atoms with E-state index in [-0.39, 0.29) is 19.4 Å². The van der Waals surface area contributed by atoms with Crippen molar-refractivity contribution in [2.45, 2.75) is 187 Å². The highest BCUT2D eigenvalue weighted by atomic mass is 31.2. The van der Waals surface area contributed by atoms with Gasteiger partial charge in [0.15, 0.2) is 6.10 Å². The summed E-state index contributed by atoms with van der Waals surface area (Å²) in [6, 6.07) is -1.53. The monoisotopic (exact) mass is 798 g/mol. The van der Waals surface area contributed by atoms with Crippen LogP contribution in [0.2, 0.25) is 0 Å². The number of allylic oxidation sites excluding steroid dienone is 8. The van der Waals surface area contributed by atoms with Crippen molar-refractivity contribution in [1.82, 2.24) is 0 Å². The lowest BCUT2D eigenvalue weighted by molar-refractivity contribution is -0.161. The van der Waals surface area contributed by atoms with Crippen LogP contribution in [0.25, 0.3) is 0 Å². The molecule has 0 heterocycles. The van der Waals surface area contributed by atoms with Gasteiger partial charge in [0, 0.05) is 12.8 Å². The second-order valence-electron chi connectivity index (χ2n) is 14.1. The molecule has 11 nitrogen and oxygen atoms in total. The second kappa shape index (κ2) is 38.3. The van der Waals surface area contributed by atoms with Crippen molar-refractivity contribution in [2.24, 2.45) is 5.73 Å². The van der Waals surface area contributed by atoms with Crippen molar-refractivity contribution in [3.8, 4) is 0 Å². The maximum atomic E-state index is 12.6. The average molecular weight is 798 g/mol. The first-order valence-electron chi connectivity index (χ1n) is 21.2. The van der Waals surface area contributed by atoms with Crippen molar-refractivity contribution in [3.63, 3.8) is 0 Å². The standard InChI is InChI=1S/C43H76NO10P/c1-3-5-7-9-11-13-15-17-19-21-22-24-26-28-30-32-34-41(45)51-36-39(37-52-55(49,50)53-38-40(44)43(47)48)54-42(46)35-33-31-29-27-25-23-20-18-16-14-12-10-8-6-4-2/h6,8,12,14,18-21,39-40H,3-5,7,9-11,13,15-17,22-38,44H2,1-2H3,(H,47,48)(H,49,50)/b8-6-,14-12-,20-18-,21-19-/t39-,40+/m1/s1. The minimum atomic E-state index is -4.72. The number of nitrogens with two attached hydrogens (primary N) is 1. The Bertz CT molecular complexity index is 1120. The molecule has 3 atom stereocenters. The number of phosphoric acid groups is 1. The number of unbranched alkanes of at least 4 members (excludes halogenated alkanes) is 17. The van der Waals surface area contributed by atoms with Crippen molar-refractivity contribution in [2.75, 3.05) is 19.8 Å². The molecule has 0 aromatic carbocycles. The van der Waals surface area contributed by atoms with E-state index >= 15 is 0 Å². The molecule has 0 fully saturated rings. The molecule has 0 bridgehead atoms. The Morgan fingerprint density at radius 1 is 0.582 bits per heavy atom. The van der Waals surface area contributed by atoms with E-state index in [1.807, 2.05) is 0 Å². The van der Waals surface area contributed by atoms with Gasteiger partial charge in [-0.2, -0.15) is 0 Å². The Morgan fingerprint density at radius 3 is 1.55 bits per heavy atom. The summed E-state index contributed by atoms with van der Waals surface area (Å²) in [5.74, 6) is -2.41. The van der Waals surface area contributed by atoms with Gasteiger partial charge in [0.2, 0.25) is 0 Å². The fourth-order valence-electron chi connectivity index (χ4n) is 5.48. The molecule has 12 heteroatoms. The third-order valence-electron chi connectivity index (χ3n) is 8.81. The highest BCUT2D eigenvalue weighted by Crippen LogP contribution is 2.43.